The number of amides is 3. The summed E-state index contributed by atoms with van der Waals surface area (Å²) in [5.74, 6) is -6.88. The van der Waals surface area contributed by atoms with E-state index in [9.17, 15) is 41.8 Å². The number of benzene rings is 3. The molecular weight excluding hydrogens is 598 g/mol. The zero-order chi connectivity index (χ0) is 32.7. The molecule has 1 fully saturated rings. The van der Waals surface area contributed by atoms with Crippen LogP contribution in [0.1, 0.15) is 51.9 Å². The lowest BCUT2D eigenvalue weighted by molar-refractivity contribution is -0.146. The number of likely N-dealkylation sites (tertiary alicyclic amines) is 1. The summed E-state index contributed by atoms with van der Waals surface area (Å²) in [6.45, 7) is -0.365. The van der Waals surface area contributed by atoms with Gasteiger partial charge >= 0.3 is 5.97 Å². The largest absolute Gasteiger partial charge is 0.478 e. The maximum atomic E-state index is 14.3. The van der Waals surface area contributed by atoms with Gasteiger partial charge in [0.05, 0.1) is 5.56 Å². The van der Waals surface area contributed by atoms with Crippen LogP contribution in [0.25, 0.3) is 0 Å². The predicted molar refractivity (Wildman–Crippen MR) is 153 cm³/mol. The van der Waals surface area contributed by atoms with Crippen molar-refractivity contribution in [1.29, 1.82) is 0 Å². The van der Waals surface area contributed by atoms with Crippen LogP contribution in [0.2, 0.25) is 0 Å². The first-order valence-corrected chi connectivity index (χ1v) is 14.1. The Morgan fingerprint density at radius 3 is 2.11 bits per heavy atom. The van der Waals surface area contributed by atoms with E-state index in [1.807, 2.05) is 12.1 Å². The number of aliphatic hydroxyl groups is 1. The summed E-state index contributed by atoms with van der Waals surface area (Å²) in [5, 5.41) is 24.3. The molecule has 3 aromatic carbocycles. The highest BCUT2D eigenvalue weighted by molar-refractivity contribution is 5.93. The van der Waals surface area contributed by atoms with E-state index >= 15 is 0 Å². The number of halogens is 4. The third kappa shape index (κ3) is 8.24. The Morgan fingerprint density at radius 2 is 1.53 bits per heavy atom. The maximum absolute atomic E-state index is 14.3. The molecule has 1 heterocycles. The quantitative estimate of drug-likeness (QED) is 0.226. The zero-order valence-corrected chi connectivity index (χ0v) is 23.8. The van der Waals surface area contributed by atoms with E-state index in [1.165, 1.54) is 4.90 Å². The number of carboxylic acids is 1. The number of hydrogen-bond donors (Lipinski definition) is 4. The Bertz CT molecular complexity index is 1500. The number of rotatable bonds is 12. The molecular formula is C32H31F4N3O6. The van der Waals surface area contributed by atoms with Crippen LogP contribution in [0.4, 0.5) is 17.6 Å². The van der Waals surface area contributed by atoms with Gasteiger partial charge in [0.15, 0.2) is 6.10 Å². The van der Waals surface area contributed by atoms with Crippen molar-refractivity contribution < 1.29 is 47.0 Å². The van der Waals surface area contributed by atoms with Gasteiger partial charge in [-0.05, 0) is 36.1 Å². The highest BCUT2D eigenvalue weighted by Gasteiger charge is 2.43. The molecule has 45 heavy (non-hydrogen) atoms. The van der Waals surface area contributed by atoms with E-state index in [4.69, 9.17) is 5.11 Å². The van der Waals surface area contributed by atoms with E-state index < -0.39 is 90.5 Å². The first kappa shape index (κ1) is 33.1. The Kier molecular flexibility index (Phi) is 10.9. The van der Waals surface area contributed by atoms with Crippen LogP contribution in [0.15, 0.2) is 72.8 Å². The van der Waals surface area contributed by atoms with Gasteiger partial charge in [0.1, 0.15) is 23.7 Å². The van der Waals surface area contributed by atoms with E-state index in [2.05, 4.69) is 10.6 Å². The number of nitrogens with zero attached hydrogens (tertiary/aromatic N) is 1. The predicted octanol–water partition coefficient (Wildman–Crippen LogP) is 3.58. The third-order valence-electron chi connectivity index (χ3n) is 7.62. The lowest BCUT2D eigenvalue weighted by Gasteiger charge is -2.28. The van der Waals surface area contributed by atoms with Crippen LogP contribution in [-0.4, -0.2) is 70.4 Å². The fraction of sp³-hybridized carbons (Fsp3) is 0.312. The number of nitrogens with one attached hydrogen (secondary N) is 2. The summed E-state index contributed by atoms with van der Waals surface area (Å²) in [7, 11) is 0. The van der Waals surface area contributed by atoms with Crippen molar-refractivity contribution in [3.8, 4) is 0 Å². The minimum absolute atomic E-state index is 0.0499. The molecule has 0 bridgehead atoms. The summed E-state index contributed by atoms with van der Waals surface area (Å²) in [6, 6.07) is 15.3. The van der Waals surface area contributed by atoms with Gasteiger partial charge in [0, 0.05) is 31.0 Å². The summed E-state index contributed by atoms with van der Waals surface area (Å²) < 4.78 is 55.5. The van der Waals surface area contributed by atoms with Crippen LogP contribution in [0, 0.1) is 11.6 Å². The van der Waals surface area contributed by atoms with E-state index in [-0.39, 0.29) is 18.9 Å². The topological polar surface area (TPSA) is 136 Å². The second-order valence-corrected chi connectivity index (χ2v) is 10.6. The number of hydrogen-bond acceptors (Lipinski definition) is 5. The lowest BCUT2D eigenvalue weighted by Crippen LogP contribution is -2.54. The van der Waals surface area contributed by atoms with Gasteiger partial charge < -0.3 is 25.7 Å². The van der Waals surface area contributed by atoms with Crippen LogP contribution < -0.4 is 10.6 Å². The molecule has 0 spiro atoms. The number of aromatic carboxylic acids is 1. The molecule has 4 atom stereocenters. The molecule has 1 aliphatic heterocycles. The first-order chi connectivity index (χ1) is 21.5. The molecule has 0 saturated carbocycles. The van der Waals surface area contributed by atoms with Crippen molar-refractivity contribution in [2.45, 2.75) is 49.8 Å². The molecule has 4 rings (SSSR count). The van der Waals surface area contributed by atoms with Crippen molar-refractivity contribution in [2.24, 2.45) is 0 Å². The van der Waals surface area contributed by atoms with E-state index in [1.54, 1.807) is 48.5 Å². The molecule has 0 unspecified atom stereocenters. The van der Waals surface area contributed by atoms with Gasteiger partial charge in [-0.15, -0.1) is 0 Å². The molecule has 13 heteroatoms. The Morgan fingerprint density at radius 1 is 0.933 bits per heavy atom. The normalized spacial score (nSPS) is 17.5. The fourth-order valence-electron chi connectivity index (χ4n) is 5.31. The molecule has 1 aliphatic rings. The zero-order valence-electron chi connectivity index (χ0n) is 23.8. The molecule has 0 radical (unpaired) electrons. The van der Waals surface area contributed by atoms with E-state index in [0.717, 1.165) is 5.56 Å². The van der Waals surface area contributed by atoms with Crippen molar-refractivity contribution in [3.05, 3.63) is 107 Å². The van der Waals surface area contributed by atoms with Gasteiger partial charge in [0.25, 0.3) is 5.91 Å². The first-order valence-electron chi connectivity index (χ1n) is 14.1. The lowest BCUT2D eigenvalue weighted by atomic mass is 9.96. The van der Waals surface area contributed by atoms with Gasteiger partial charge in [0.2, 0.25) is 18.2 Å². The number of alkyl halides is 2. The number of carbonyl (C=O) groups excluding carboxylic acids is 3. The highest BCUT2D eigenvalue weighted by atomic mass is 19.3. The van der Waals surface area contributed by atoms with Crippen LogP contribution in [0.5, 0.6) is 0 Å². The van der Waals surface area contributed by atoms with Crippen LogP contribution in [-0.2, 0) is 20.8 Å². The van der Waals surface area contributed by atoms with Gasteiger partial charge in [-0.3, -0.25) is 14.4 Å². The number of aliphatic hydroxyl groups excluding tert-OH is 1. The molecule has 1 saturated heterocycles. The van der Waals surface area contributed by atoms with Crippen molar-refractivity contribution in [1.82, 2.24) is 15.5 Å². The highest BCUT2D eigenvalue weighted by Crippen LogP contribution is 2.34. The second-order valence-electron chi connectivity index (χ2n) is 10.6. The molecule has 3 aromatic rings. The standard InChI is InChI=1S/C32H31F4N3O6/c33-23-13-20(32(44)45)14-24(34)22(23)11-12-37-29(41)25(16-27(35)36)38-30(42)26-15-21(18-7-3-1-4-8-18)17-39(26)31(43)28(40)19-9-5-2-6-10-19/h1-10,13-14,21,25-28,40H,11-12,15-17H2,(H,37,41)(H,38,42)(H,44,45)/t21-,25+,26+,28+/m1/s1. The molecule has 0 aliphatic carbocycles. The SMILES string of the molecule is O=C(O)c1cc(F)c(CCNC(=O)[C@H](CC(F)F)NC(=O)[C@@H]2C[C@@H](c3ccccc3)CN2C(=O)[C@@H](O)c2ccccc2)c(F)c1. The van der Waals surface area contributed by atoms with Gasteiger partial charge in [-0.2, -0.15) is 0 Å². The Hall–Kier alpha value is -4.78. The maximum Gasteiger partial charge on any atom is 0.335 e. The third-order valence-corrected chi connectivity index (χ3v) is 7.62. The minimum atomic E-state index is -3.02. The Balaban J connectivity index is 1.48. The number of carbonyl (C=O) groups is 4. The fourth-order valence-corrected chi connectivity index (χ4v) is 5.31. The molecule has 9 nitrogen and oxygen atoms in total. The van der Waals surface area contributed by atoms with Crippen LogP contribution in [0.3, 0.4) is 0 Å². The van der Waals surface area contributed by atoms with Crippen molar-refractivity contribution >= 4 is 23.7 Å². The van der Waals surface area contributed by atoms with Crippen molar-refractivity contribution in [3.63, 3.8) is 0 Å². The average Bonchev–Trinajstić information content (AvgIpc) is 3.47. The Labute approximate surface area is 255 Å². The summed E-state index contributed by atoms with van der Waals surface area (Å²) >= 11 is 0. The average molecular weight is 630 g/mol. The van der Waals surface area contributed by atoms with Gasteiger partial charge in [-0.25, -0.2) is 22.4 Å². The smallest absolute Gasteiger partial charge is 0.335 e. The molecule has 238 valence electrons. The molecule has 3 amide bonds. The molecule has 4 N–H and O–H groups in total. The minimum Gasteiger partial charge on any atom is -0.478 e. The number of carboxylic acid groups (broad SMARTS) is 1. The monoisotopic (exact) mass is 629 g/mol. The molecule has 0 aromatic heterocycles. The van der Waals surface area contributed by atoms with E-state index in [0.29, 0.717) is 17.7 Å². The van der Waals surface area contributed by atoms with Crippen molar-refractivity contribution in [2.75, 3.05) is 13.1 Å². The summed E-state index contributed by atoms with van der Waals surface area (Å²) in [5.41, 5.74) is -0.00993. The second kappa shape index (κ2) is 14.8. The van der Waals surface area contributed by atoms with Gasteiger partial charge in [-0.1, -0.05) is 60.7 Å². The summed E-state index contributed by atoms with van der Waals surface area (Å²) in [6.07, 6.45) is -6.03. The van der Waals surface area contributed by atoms with Crippen LogP contribution >= 0.6 is 0 Å². The summed E-state index contributed by atoms with van der Waals surface area (Å²) in [4.78, 5) is 52.0.